The fraction of sp³-hybridized carbons (Fsp3) is 0.138. The maximum atomic E-state index is 13.1. The Labute approximate surface area is 224 Å². The van der Waals surface area contributed by atoms with Gasteiger partial charge in [0.05, 0.1) is 16.0 Å². The second kappa shape index (κ2) is 9.88. The lowest BCUT2D eigenvalue weighted by Crippen LogP contribution is -2.49. The second-order valence-electron chi connectivity index (χ2n) is 8.91. The summed E-state index contributed by atoms with van der Waals surface area (Å²) in [5.74, 6) is 0.818. The highest BCUT2D eigenvalue weighted by atomic mass is 35.5. The van der Waals surface area contributed by atoms with Crippen molar-refractivity contribution in [3.63, 3.8) is 0 Å². The van der Waals surface area contributed by atoms with E-state index in [0.717, 1.165) is 33.7 Å². The van der Waals surface area contributed by atoms with E-state index < -0.39 is 0 Å². The van der Waals surface area contributed by atoms with Crippen LogP contribution in [0.3, 0.4) is 0 Å². The van der Waals surface area contributed by atoms with Crippen molar-refractivity contribution < 1.29 is 4.79 Å². The van der Waals surface area contributed by atoms with Gasteiger partial charge in [-0.3, -0.25) is 4.79 Å². The standard InChI is InChI=1S/C29H23Cl2N5O/c30-21-10-12-22(13-11-21)36-18-24(20-6-2-1-3-7-20)26-27(32-19-33-28(26)36)34-14-16-35(17-15-34)29(37)23-8-4-5-9-25(23)31/h1-13,18-19H,14-17H2. The van der Waals surface area contributed by atoms with E-state index >= 15 is 0 Å². The highest BCUT2D eigenvalue weighted by Gasteiger charge is 2.27. The number of halogens is 2. The molecule has 0 aliphatic carbocycles. The van der Waals surface area contributed by atoms with Crippen LogP contribution in [0.25, 0.3) is 27.8 Å². The molecule has 0 saturated carbocycles. The third-order valence-corrected chi connectivity index (χ3v) is 7.30. The number of piperazine rings is 1. The predicted molar refractivity (Wildman–Crippen MR) is 149 cm³/mol. The lowest BCUT2D eigenvalue weighted by molar-refractivity contribution is 0.0747. The number of hydrogen-bond donors (Lipinski definition) is 0. The van der Waals surface area contributed by atoms with Crippen LogP contribution in [0.2, 0.25) is 10.0 Å². The lowest BCUT2D eigenvalue weighted by atomic mass is 10.1. The molecule has 0 radical (unpaired) electrons. The highest BCUT2D eigenvalue weighted by molar-refractivity contribution is 6.33. The van der Waals surface area contributed by atoms with Crippen molar-refractivity contribution in [1.29, 1.82) is 0 Å². The zero-order chi connectivity index (χ0) is 25.4. The van der Waals surface area contributed by atoms with Crippen molar-refractivity contribution in [1.82, 2.24) is 19.4 Å². The normalized spacial score (nSPS) is 13.8. The van der Waals surface area contributed by atoms with E-state index in [9.17, 15) is 4.79 Å². The van der Waals surface area contributed by atoms with Gasteiger partial charge in [0.1, 0.15) is 12.1 Å². The molecule has 1 saturated heterocycles. The third-order valence-electron chi connectivity index (χ3n) is 6.72. The number of nitrogens with zero attached hydrogens (tertiary/aromatic N) is 5. The van der Waals surface area contributed by atoms with Crippen LogP contribution < -0.4 is 4.90 Å². The molecule has 0 spiro atoms. The van der Waals surface area contributed by atoms with Gasteiger partial charge in [0.25, 0.3) is 5.91 Å². The molecular weight excluding hydrogens is 505 g/mol. The summed E-state index contributed by atoms with van der Waals surface area (Å²) in [6, 6.07) is 25.2. The number of rotatable bonds is 4. The van der Waals surface area contributed by atoms with Gasteiger partial charge >= 0.3 is 0 Å². The highest BCUT2D eigenvalue weighted by Crippen LogP contribution is 2.37. The molecule has 1 fully saturated rings. The molecule has 3 aromatic carbocycles. The van der Waals surface area contributed by atoms with Crippen molar-refractivity contribution >= 4 is 46.0 Å². The topological polar surface area (TPSA) is 54.3 Å². The molecule has 1 aliphatic rings. The minimum Gasteiger partial charge on any atom is -0.352 e. The number of aromatic nitrogens is 3. The third kappa shape index (κ3) is 4.43. The smallest absolute Gasteiger partial charge is 0.255 e. The van der Waals surface area contributed by atoms with Gasteiger partial charge in [0, 0.05) is 48.6 Å². The summed E-state index contributed by atoms with van der Waals surface area (Å²) in [7, 11) is 0. The first-order chi connectivity index (χ1) is 18.1. The summed E-state index contributed by atoms with van der Waals surface area (Å²) in [5.41, 5.74) is 4.46. The van der Waals surface area contributed by atoms with E-state index in [4.69, 9.17) is 28.2 Å². The Balaban J connectivity index is 1.38. The number of carbonyl (C=O) groups excluding carboxylic acids is 1. The van der Waals surface area contributed by atoms with Crippen LogP contribution in [0, 0.1) is 0 Å². The van der Waals surface area contributed by atoms with Crippen LogP contribution in [-0.2, 0) is 0 Å². The molecule has 3 heterocycles. The van der Waals surface area contributed by atoms with Gasteiger partial charge in [0.2, 0.25) is 0 Å². The minimum atomic E-state index is -0.0445. The molecule has 5 aromatic rings. The fourth-order valence-corrected chi connectivity index (χ4v) is 5.19. The largest absolute Gasteiger partial charge is 0.352 e. The summed E-state index contributed by atoms with van der Waals surface area (Å²) in [6.45, 7) is 2.47. The molecule has 0 atom stereocenters. The average Bonchev–Trinajstić information content (AvgIpc) is 3.34. The van der Waals surface area contributed by atoms with E-state index in [2.05, 4.69) is 32.8 Å². The van der Waals surface area contributed by atoms with Crippen molar-refractivity contribution in [2.75, 3.05) is 31.1 Å². The molecule has 0 unspecified atom stereocenters. The molecule has 1 aliphatic heterocycles. The number of fused-ring (bicyclic) bond motifs is 1. The van der Waals surface area contributed by atoms with Gasteiger partial charge in [0.15, 0.2) is 5.65 Å². The Morgan fingerprint density at radius 2 is 1.49 bits per heavy atom. The summed E-state index contributed by atoms with van der Waals surface area (Å²) in [5, 5.41) is 2.14. The van der Waals surface area contributed by atoms with Crippen molar-refractivity contribution in [3.05, 3.63) is 107 Å². The Bertz CT molecular complexity index is 1580. The number of anilines is 1. The van der Waals surface area contributed by atoms with Gasteiger partial charge in [-0.05, 0) is 42.0 Å². The van der Waals surface area contributed by atoms with Crippen LogP contribution in [0.4, 0.5) is 5.82 Å². The van der Waals surface area contributed by atoms with Crippen molar-refractivity contribution in [2.24, 2.45) is 0 Å². The zero-order valence-electron chi connectivity index (χ0n) is 19.9. The van der Waals surface area contributed by atoms with E-state index in [-0.39, 0.29) is 5.91 Å². The number of amides is 1. The molecule has 6 rings (SSSR count). The quantitative estimate of drug-likeness (QED) is 0.273. The molecule has 6 nitrogen and oxygen atoms in total. The number of benzene rings is 3. The van der Waals surface area contributed by atoms with Crippen LogP contribution in [0.1, 0.15) is 10.4 Å². The van der Waals surface area contributed by atoms with Gasteiger partial charge in [-0.15, -0.1) is 0 Å². The number of carbonyl (C=O) groups is 1. The first-order valence-corrected chi connectivity index (χ1v) is 12.8. The maximum Gasteiger partial charge on any atom is 0.255 e. The lowest BCUT2D eigenvalue weighted by Gasteiger charge is -2.35. The SMILES string of the molecule is O=C(c1ccccc1Cl)N1CCN(c2ncnc3c2c(-c2ccccc2)cn3-c2ccc(Cl)cc2)CC1. The average molecular weight is 528 g/mol. The Morgan fingerprint density at radius 1 is 0.784 bits per heavy atom. The van der Waals surface area contributed by atoms with Gasteiger partial charge in [-0.25, -0.2) is 9.97 Å². The Kier molecular flexibility index (Phi) is 6.28. The van der Waals surface area contributed by atoms with Crippen molar-refractivity contribution in [2.45, 2.75) is 0 Å². The molecule has 37 heavy (non-hydrogen) atoms. The first kappa shape index (κ1) is 23.5. The van der Waals surface area contributed by atoms with Crippen LogP contribution in [0.15, 0.2) is 91.4 Å². The Morgan fingerprint density at radius 3 is 2.22 bits per heavy atom. The van der Waals surface area contributed by atoms with Gasteiger partial charge < -0.3 is 14.4 Å². The van der Waals surface area contributed by atoms with Crippen molar-refractivity contribution in [3.8, 4) is 16.8 Å². The summed E-state index contributed by atoms with van der Waals surface area (Å²) in [6.07, 6.45) is 3.72. The maximum absolute atomic E-state index is 13.1. The molecule has 2 aromatic heterocycles. The molecule has 184 valence electrons. The molecule has 0 bridgehead atoms. The summed E-state index contributed by atoms with van der Waals surface area (Å²) >= 11 is 12.4. The molecular formula is C29H23Cl2N5O. The first-order valence-electron chi connectivity index (χ1n) is 12.1. The van der Waals surface area contributed by atoms with Gasteiger partial charge in [-0.2, -0.15) is 0 Å². The van der Waals surface area contributed by atoms with Gasteiger partial charge in [-0.1, -0.05) is 65.7 Å². The van der Waals surface area contributed by atoms with E-state index in [1.54, 1.807) is 18.5 Å². The Hall–Kier alpha value is -3.87. The molecule has 1 amide bonds. The molecule has 0 N–H and O–H groups in total. The van der Waals surface area contributed by atoms with Crippen LogP contribution in [-0.4, -0.2) is 51.5 Å². The van der Waals surface area contributed by atoms with Crippen LogP contribution in [0.5, 0.6) is 0 Å². The number of hydrogen-bond acceptors (Lipinski definition) is 4. The van der Waals surface area contributed by atoms with Crippen LogP contribution >= 0.6 is 23.2 Å². The van der Waals surface area contributed by atoms with E-state index in [1.807, 2.05) is 59.5 Å². The minimum absolute atomic E-state index is 0.0445. The second-order valence-corrected chi connectivity index (χ2v) is 9.75. The summed E-state index contributed by atoms with van der Waals surface area (Å²) < 4.78 is 2.08. The van der Waals surface area contributed by atoms with E-state index in [1.165, 1.54) is 0 Å². The monoisotopic (exact) mass is 527 g/mol. The van der Waals surface area contributed by atoms with E-state index in [0.29, 0.717) is 41.8 Å². The molecule has 8 heteroatoms. The predicted octanol–water partition coefficient (Wildman–Crippen LogP) is 6.36. The fourth-order valence-electron chi connectivity index (χ4n) is 4.85. The zero-order valence-corrected chi connectivity index (χ0v) is 21.4. The summed E-state index contributed by atoms with van der Waals surface area (Å²) in [4.78, 5) is 26.6.